The first-order valence-corrected chi connectivity index (χ1v) is 13.2. The highest BCUT2D eigenvalue weighted by Crippen LogP contribution is 2.34. The number of non-ortho nitro benzene ring substituents is 1. The minimum Gasteiger partial charge on any atom is -0.258 e. The Morgan fingerprint density at radius 2 is 0.968 bits per heavy atom. The number of sulfone groups is 3. The molecule has 0 atom stereocenters. The SMILES string of the molecule is O=[N+]([O-])c1cccc(S(=O)(=O)C(S(=O)(=O)c2ccccc2)S(=O)(=O)c2ccccc2)c1. The summed E-state index contributed by atoms with van der Waals surface area (Å²) in [6.45, 7) is 0. The minimum absolute atomic E-state index is 0.520. The molecule has 0 spiro atoms. The van der Waals surface area contributed by atoms with Crippen molar-refractivity contribution in [1.29, 1.82) is 0 Å². The van der Waals surface area contributed by atoms with Gasteiger partial charge in [-0.05, 0) is 30.3 Å². The maximum atomic E-state index is 13.4. The molecule has 0 fully saturated rings. The van der Waals surface area contributed by atoms with Crippen molar-refractivity contribution in [3.05, 3.63) is 95.0 Å². The molecule has 0 unspecified atom stereocenters. The quantitative estimate of drug-likeness (QED) is 0.370. The van der Waals surface area contributed by atoms with E-state index in [2.05, 4.69) is 0 Å². The van der Waals surface area contributed by atoms with Gasteiger partial charge in [0, 0.05) is 12.1 Å². The minimum atomic E-state index is -5.15. The Kier molecular flexibility index (Phi) is 5.98. The summed E-state index contributed by atoms with van der Waals surface area (Å²) in [5.74, 6) is 0. The monoisotopic (exact) mass is 481 g/mol. The normalized spacial score (nSPS) is 12.5. The lowest BCUT2D eigenvalue weighted by Gasteiger charge is -2.19. The van der Waals surface area contributed by atoms with Crippen molar-refractivity contribution in [2.75, 3.05) is 0 Å². The summed E-state index contributed by atoms with van der Waals surface area (Å²) < 4.78 is 77.0. The van der Waals surface area contributed by atoms with Gasteiger partial charge >= 0.3 is 0 Å². The average Bonchev–Trinajstić information content (AvgIpc) is 2.74. The van der Waals surface area contributed by atoms with Crippen molar-refractivity contribution in [1.82, 2.24) is 0 Å². The highest BCUT2D eigenvalue weighted by molar-refractivity contribution is 8.24. The van der Waals surface area contributed by atoms with Gasteiger partial charge in [0.05, 0.1) is 19.6 Å². The van der Waals surface area contributed by atoms with Crippen LogP contribution in [0.2, 0.25) is 0 Å². The number of hydrogen-bond acceptors (Lipinski definition) is 8. The summed E-state index contributed by atoms with van der Waals surface area (Å²) in [7, 11) is -15.1. The third-order valence-electron chi connectivity index (χ3n) is 4.26. The molecule has 0 aliphatic heterocycles. The van der Waals surface area contributed by atoms with Gasteiger partial charge in [-0.15, -0.1) is 0 Å². The van der Waals surface area contributed by atoms with Crippen LogP contribution in [0, 0.1) is 10.1 Å². The predicted molar refractivity (Wildman–Crippen MR) is 111 cm³/mol. The largest absolute Gasteiger partial charge is 0.275 e. The number of benzene rings is 3. The summed E-state index contributed by atoms with van der Waals surface area (Å²) in [5.41, 5.74) is -0.631. The van der Waals surface area contributed by atoms with Gasteiger partial charge in [-0.3, -0.25) is 10.1 Å². The molecule has 3 aromatic rings. The fraction of sp³-hybridized carbons (Fsp3) is 0.0526. The summed E-state index contributed by atoms with van der Waals surface area (Å²) >= 11 is 0. The Morgan fingerprint density at radius 1 is 0.581 bits per heavy atom. The molecule has 9 nitrogen and oxygen atoms in total. The first kappa shape index (κ1) is 22.6. The van der Waals surface area contributed by atoms with Gasteiger partial charge in [0.2, 0.25) is 29.5 Å². The van der Waals surface area contributed by atoms with Crippen LogP contribution in [0.25, 0.3) is 0 Å². The van der Waals surface area contributed by atoms with Crippen LogP contribution in [0.4, 0.5) is 5.69 Å². The second-order valence-corrected chi connectivity index (χ2v) is 13.3. The second kappa shape index (κ2) is 8.21. The Balaban J connectivity index is 2.34. The van der Waals surface area contributed by atoms with E-state index in [4.69, 9.17) is 0 Å². The van der Waals surface area contributed by atoms with Gasteiger partial charge in [-0.25, -0.2) is 25.3 Å². The van der Waals surface area contributed by atoms with Crippen molar-refractivity contribution >= 4 is 35.2 Å². The molecule has 0 aliphatic rings. The van der Waals surface area contributed by atoms with Gasteiger partial charge < -0.3 is 0 Å². The number of nitro benzene ring substituents is 1. The molecule has 0 aromatic heterocycles. The maximum Gasteiger partial charge on any atom is 0.275 e. The lowest BCUT2D eigenvalue weighted by atomic mass is 10.3. The zero-order valence-electron chi connectivity index (χ0n) is 15.6. The van der Waals surface area contributed by atoms with E-state index in [1.54, 1.807) is 0 Å². The van der Waals surface area contributed by atoms with Gasteiger partial charge in [0.25, 0.3) is 9.60 Å². The highest BCUT2D eigenvalue weighted by Gasteiger charge is 2.50. The summed E-state index contributed by atoms with van der Waals surface area (Å²) in [6.07, 6.45) is 0. The molecule has 0 N–H and O–H groups in total. The number of nitro groups is 1. The second-order valence-electron chi connectivity index (χ2n) is 6.30. The molecular weight excluding hydrogens is 466 g/mol. The van der Waals surface area contributed by atoms with E-state index in [1.807, 2.05) is 0 Å². The third kappa shape index (κ3) is 4.22. The summed E-state index contributed by atoms with van der Waals surface area (Å²) in [4.78, 5) is 8.35. The molecule has 3 rings (SSSR count). The molecule has 3 aromatic carbocycles. The van der Waals surface area contributed by atoms with Gasteiger partial charge in [0.15, 0.2) is 0 Å². The van der Waals surface area contributed by atoms with Crippen molar-refractivity contribution in [3.8, 4) is 0 Å². The topological polar surface area (TPSA) is 146 Å². The first-order chi connectivity index (χ1) is 14.5. The van der Waals surface area contributed by atoms with Crippen LogP contribution >= 0.6 is 0 Å². The van der Waals surface area contributed by atoms with Crippen LogP contribution in [0.3, 0.4) is 0 Å². The molecule has 0 bridgehead atoms. The Hall–Kier alpha value is -3.09. The Labute approximate surface area is 178 Å². The fourth-order valence-electron chi connectivity index (χ4n) is 2.83. The van der Waals surface area contributed by atoms with Crippen LogP contribution in [0.15, 0.2) is 99.6 Å². The summed E-state index contributed by atoms with van der Waals surface area (Å²) in [6, 6.07) is 16.1. The zero-order valence-corrected chi connectivity index (χ0v) is 18.0. The van der Waals surface area contributed by atoms with E-state index in [0.717, 1.165) is 42.5 Å². The van der Waals surface area contributed by atoms with E-state index in [-0.39, 0.29) is 0 Å². The van der Waals surface area contributed by atoms with E-state index >= 15 is 0 Å². The lowest BCUT2D eigenvalue weighted by Crippen LogP contribution is -2.38. The smallest absolute Gasteiger partial charge is 0.258 e. The Morgan fingerprint density at radius 3 is 1.39 bits per heavy atom. The molecule has 162 valence electrons. The van der Waals surface area contributed by atoms with Crippen LogP contribution < -0.4 is 0 Å². The number of rotatable bonds is 7. The van der Waals surface area contributed by atoms with Crippen LogP contribution in [0.5, 0.6) is 0 Å². The van der Waals surface area contributed by atoms with Crippen LogP contribution in [-0.4, -0.2) is 34.1 Å². The molecule has 0 heterocycles. The molecular formula is C19H15NO8S3. The molecule has 0 amide bonds. The van der Waals surface area contributed by atoms with Gasteiger partial charge in [0.1, 0.15) is 0 Å². The Bertz CT molecular complexity index is 1360. The van der Waals surface area contributed by atoms with Crippen molar-refractivity contribution < 1.29 is 30.2 Å². The molecule has 0 saturated carbocycles. The molecule has 31 heavy (non-hydrogen) atoms. The fourth-order valence-corrected chi connectivity index (χ4v) is 11.1. The lowest BCUT2D eigenvalue weighted by molar-refractivity contribution is -0.385. The van der Waals surface area contributed by atoms with E-state index in [9.17, 15) is 35.4 Å². The third-order valence-corrected chi connectivity index (χ3v) is 13.1. The van der Waals surface area contributed by atoms with Crippen molar-refractivity contribution in [2.24, 2.45) is 0 Å². The molecule has 0 aliphatic carbocycles. The predicted octanol–water partition coefficient (Wildman–Crippen LogP) is 2.60. The number of hydrogen-bond donors (Lipinski definition) is 0. The first-order valence-electron chi connectivity index (χ1n) is 8.55. The van der Waals surface area contributed by atoms with E-state index < -0.39 is 58.7 Å². The van der Waals surface area contributed by atoms with E-state index in [0.29, 0.717) is 6.07 Å². The molecule has 0 saturated heterocycles. The van der Waals surface area contributed by atoms with Gasteiger partial charge in [-0.1, -0.05) is 42.5 Å². The standard InChI is InChI=1S/C19H15NO8S3/c21-20(22)15-8-7-13-18(14-15)31(27,28)19(29(23,24)16-9-3-1-4-10-16)30(25,26)17-11-5-2-6-12-17/h1-14,19H. The van der Waals surface area contributed by atoms with Crippen LogP contribution in [-0.2, 0) is 29.5 Å². The van der Waals surface area contributed by atoms with Gasteiger partial charge in [-0.2, -0.15) is 0 Å². The molecule has 0 radical (unpaired) electrons. The van der Waals surface area contributed by atoms with Crippen molar-refractivity contribution in [2.45, 2.75) is 18.6 Å². The maximum absolute atomic E-state index is 13.4. The van der Waals surface area contributed by atoms with Crippen molar-refractivity contribution in [3.63, 3.8) is 0 Å². The average molecular weight is 482 g/mol. The highest BCUT2D eigenvalue weighted by atomic mass is 32.3. The zero-order chi connectivity index (χ0) is 22.9. The number of nitrogens with zero attached hydrogens (tertiary/aromatic N) is 1. The summed E-state index contributed by atoms with van der Waals surface area (Å²) in [5, 5.41) is 11.1. The van der Waals surface area contributed by atoms with Crippen LogP contribution in [0.1, 0.15) is 0 Å². The van der Waals surface area contributed by atoms with E-state index in [1.165, 1.54) is 36.4 Å². The molecule has 12 heteroatoms.